The van der Waals surface area contributed by atoms with Crippen LogP contribution in [0.3, 0.4) is 0 Å². The molecule has 1 nitrogen and oxygen atoms in total. The van der Waals surface area contributed by atoms with Crippen LogP contribution in [0.4, 0.5) is 0 Å². The highest BCUT2D eigenvalue weighted by molar-refractivity contribution is 6.98. The van der Waals surface area contributed by atoms with E-state index in [1.807, 2.05) is 6.08 Å². The van der Waals surface area contributed by atoms with Crippen molar-refractivity contribution in [3.63, 3.8) is 0 Å². The Hall–Kier alpha value is -0.863. The fourth-order valence-electron chi connectivity index (χ4n) is 2.68. The van der Waals surface area contributed by atoms with Crippen molar-refractivity contribution < 1.29 is 5.11 Å². The lowest BCUT2D eigenvalue weighted by molar-refractivity contribution is 0.245. The topological polar surface area (TPSA) is 20.2 Å². The molecular weight excluding hydrogens is 212 g/mol. The molecule has 1 N–H and O–H groups in total. The molecular formula is C14H20OSi. The second-order valence-electron chi connectivity index (χ2n) is 5.72. The molecule has 0 saturated heterocycles. The third-order valence-corrected chi connectivity index (χ3v) is 9.63. The Morgan fingerprint density at radius 2 is 1.81 bits per heavy atom. The van der Waals surface area contributed by atoms with Crippen molar-refractivity contribution in [1.29, 1.82) is 0 Å². The van der Waals surface area contributed by atoms with Crippen molar-refractivity contribution in [2.75, 3.05) is 0 Å². The van der Waals surface area contributed by atoms with Gasteiger partial charge < -0.3 is 5.11 Å². The molecule has 0 aliphatic carbocycles. The van der Waals surface area contributed by atoms with E-state index in [0.29, 0.717) is 0 Å². The third-order valence-electron chi connectivity index (χ3n) is 3.76. The number of benzene rings is 1. The predicted octanol–water partition coefficient (Wildman–Crippen LogP) is 2.61. The van der Waals surface area contributed by atoms with Crippen LogP contribution < -0.4 is 5.19 Å². The van der Waals surface area contributed by atoms with Crippen molar-refractivity contribution in [2.24, 2.45) is 0 Å². The molecule has 1 aliphatic heterocycles. The van der Waals surface area contributed by atoms with Gasteiger partial charge in [0.1, 0.15) is 8.07 Å². The average Bonchev–Trinajstić information content (AvgIpc) is 2.62. The molecule has 0 aromatic heterocycles. The summed E-state index contributed by atoms with van der Waals surface area (Å²) in [6.45, 7) is 6.90. The Bertz CT molecular complexity index is 391. The van der Waals surface area contributed by atoms with Crippen LogP contribution in [0, 0.1) is 0 Å². The Kier molecular flexibility index (Phi) is 2.80. The lowest BCUT2D eigenvalue weighted by Crippen LogP contribution is -2.53. The van der Waals surface area contributed by atoms with Crippen LogP contribution in [-0.4, -0.2) is 19.3 Å². The van der Waals surface area contributed by atoms with E-state index in [-0.39, 0.29) is 11.1 Å². The summed E-state index contributed by atoms with van der Waals surface area (Å²) in [4.78, 5) is 0. The maximum atomic E-state index is 9.84. The van der Waals surface area contributed by atoms with Crippen molar-refractivity contribution in [2.45, 2.75) is 38.0 Å². The Morgan fingerprint density at radius 1 is 1.19 bits per heavy atom. The number of hydrogen-bond donors (Lipinski definition) is 1. The van der Waals surface area contributed by atoms with Gasteiger partial charge in [-0.25, -0.2) is 0 Å². The van der Waals surface area contributed by atoms with Gasteiger partial charge in [0.05, 0.1) is 6.10 Å². The molecule has 1 aromatic rings. The second-order valence-corrected chi connectivity index (χ2v) is 10.5. The molecule has 0 bridgehead atoms. The van der Waals surface area contributed by atoms with Gasteiger partial charge in [0.25, 0.3) is 0 Å². The summed E-state index contributed by atoms with van der Waals surface area (Å²) in [6, 6.07) is 11.6. The van der Waals surface area contributed by atoms with E-state index in [4.69, 9.17) is 0 Å². The van der Waals surface area contributed by atoms with Gasteiger partial charge in [-0.15, -0.1) is 0 Å². The highest BCUT2D eigenvalue weighted by Gasteiger charge is 2.47. The number of rotatable bonds is 1. The predicted molar refractivity (Wildman–Crippen MR) is 71.5 cm³/mol. The second kappa shape index (κ2) is 3.86. The summed E-state index contributed by atoms with van der Waals surface area (Å²) in [7, 11) is -1.70. The molecule has 0 unspecified atom stereocenters. The Labute approximate surface area is 98.8 Å². The van der Waals surface area contributed by atoms with Crippen LogP contribution in [0.15, 0.2) is 42.1 Å². The van der Waals surface area contributed by atoms with E-state index in [1.165, 1.54) is 5.19 Å². The van der Waals surface area contributed by atoms with Gasteiger partial charge in [-0.3, -0.25) is 0 Å². The van der Waals surface area contributed by atoms with Gasteiger partial charge >= 0.3 is 0 Å². The highest BCUT2D eigenvalue weighted by atomic mass is 28.3. The number of aliphatic hydroxyl groups is 1. The van der Waals surface area contributed by atoms with Gasteiger partial charge in [0, 0.05) is 0 Å². The molecule has 1 aromatic carbocycles. The minimum atomic E-state index is -1.70. The highest BCUT2D eigenvalue weighted by Crippen LogP contribution is 2.43. The molecule has 1 aliphatic rings. The van der Waals surface area contributed by atoms with E-state index >= 15 is 0 Å². The van der Waals surface area contributed by atoms with Gasteiger partial charge in [-0.1, -0.05) is 68.1 Å². The molecule has 2 heteroatoms. The summed E-state index contributed by atoms with van der Waals surface area (Å²) in [6.07, 6.45) is 1.75. The van der Waals surface area contributed by atoms with Gasteiger partial charge in [-0.2, -0.15) is 0 Å². The lowest BCUT2D eigenvalue weighted by Gasteiger charge is -2.39. The maximum Gasteiger partial charge on any atom is 0.118 e. The summed E-state index contributed by atoms with van der Waals surface area (Å²) < 4.78 is 0. The summed E-state index contributed by atoms with van der Waals surface area (Å²) in [5.74, 6) is 0. The first-order valence-corrected chi connectivity index (χ1v) is 8.17. The maximum absolute atomic E-state index is 9.84. The molecule has 0 fully saturated rings. The van der Waals surface area contributed by atoms with Crippen molar-refractivity contribution in [1.82, 2.24) is 0 Å². The first-order chi connectivity index (χ1) is 7.46. The molecule has 2 atom stereocenters. The van der Waals surface area contributed by atoms with Crippen molar-refractivity contribution in [3.8, 4) is 0 Å². The molecule has 0 amide bonds. The van der Waals surface area contributed by atoms with Crippen LogP contribution in [-0.2, 0) is 0 Å². The largest absolute Gasteiger partial charge is 0.389 e. The Morgan fingerprint density at radius 3 is 2.25 bits per heavy atom. The number of hydrogen-bond acceptors (Lipinski definition) is 1. The zero-order valence-corrected chi connectivity index (χ0v) is 11.3. The van der Waals surface area contributed by atoms with Crippen molar-refractivity contribution in [3.05, 3.63) is 42.1 Å². The normalized spacial score (nSPS) is 29.6. The van der Waals surface area contributed by atoms with E-state index in [1.54, 1.807) is 0 Å². The first kappa shape index (κ1) is 11.6. The molecule has 86 valence electrons. The molecule has 0 spiro atoms. The fraction of sp³-hybridized carbons (Fsp3) is 0.429. The number of aliphatic hydroxyl groups excluding tert-OH is 1. The van der Waals surface area contributed by atoms with Crippen LogP contribution in [0.1, 0.15) is 20.8 Å². The summed E-state index contributed by atoms with van der Waals surface area (Å²) in [5, 5.41) is 11.5. The van der Waals surface area contributed by atoms with Crippen molar-refractivity contribution >= 4 is 13.3 Å². The van der Waals surface area contributed by atoms with Gasteiger partial charge in [-0.05, 0) is 11.1 Å². The van der Waals surface area contributed by atoms with Gasteiger partial charge in [0.15, 0.2) is 0 Å². The third kappa shape index (κ3) is 1.76. The van der Waals surface area contributed by atoms with Crippen LogP contribution in [0.5, 0.6) is 0 Å². The molecule has 1 heterocycles. The molecule has 2 rings (SSSR count). The fourth-order valence-corrected chi connectivity index (χ4v) is 7.36. The average molecular weight is 232 g/mol. The zero-order chi connectivity index (χ0) is 11.8. The molecule has 16 heavy (non-hydrogen) atoms. The summed E-state index contributed by atoms with van der Waals surface area (Å²) in [5.41, 5.74) is 2.33. The van der Waals surface area contributed by atoms with E-state index in [9.17, 15) is 5.11 Å². The van der Waals surface area contributed by atoms with Gasteiger partial charge in [0.2, 0.25) is 0 Å². The Balaban J connectivity index is 2.50. The smallest absolute Gasteiger partial charge is 0.118 e. The standard InChI is InChI=1S/C14H20OSi/c1-14(2,3)16(10-9-12(15)11-16)13-7-5-4-6-8-13/h4-10,12,15H,11H2,1-3H3/t12-,16+/m1/s1. The summed E-state index contributed by atoms with van der Waals surface area (Å²) >= 11 is 0. The molecule has 0 radical (unpaired) electrons. The minimum absolute atomic E-state index is 0.244. The minimum Gasteiger partial charge on any atom is -0.389 e. The molecule has 0 saturated carbocycles. The van der Waals surface area contributed by atoms with E-state index in [2.05, 4.69) is 56.8 Å². The van der Waals surface area contributed by atoms with Crippen LogP contribution >= 0.6 is 0 Å². The van der Waals surface area contributed by atoms with E-state index in [0.717, 1.165) is 6.04 Å². The van der Waals surface area contributed by atoms with E-state index < -0.39 is 8.07 Å². The monoisotopic (exact) mass is 232 g/mol. The first-order valence-electron chi connectivity index (χ1n) is 5.89. The SMILES string of the molecule is CC(C)(C)[Si@@]1(c2ccccc2)C=C[C@@H](O)C1. The van der Waals surface area contributed by atoms with Crippen LogP contribution in [0.25, 0.3) is 0 Å². The lowest BCUT2D eigenvalue weighted by atomic mass is 10.2. The quantitative estimate of drug-likeness (QED) is 0.738. The zero-order valence-electron chi connectivity index (χ0n) is 10.3. The van der Waals surface area contributed by atoms with Crippen LogP contribution in [0.2, 0.25) is 11.1 Å².